The fourth-order valence-electron chi connectivity index (χ4n) is 2.50. The Bertz CT molecular complexity index is 992. The molecule has 26 heavy (non-hydrogen) atoms. The number of aromatic nitrogens is 1. The minimum Gasteiger partial charge on any atom is -0.497 e. The number of amides is 1. The molecule has 0 bridgehead atoms. The van der Waals surface area contributed by atoms with Crippen LogP contribution in [0.3, 0.4) is 0 Å². The van der Waals surface area contributed by atoms with Crippen molar-refractivity contribution < 1.29 is 23.5 Å². The summed E-state index contributed by atoms with van der Waals surface area (Å²) in [5.74, 6) is -0.449. The number of primary amides is 1. The number of hydrogen-bond acceptors (Lipinski definition) is 8. The van der Waals surface area contributed by atoms with Crippen LogP contribution in [0.25, 0.3) is 10.2 Å². The summed E-state index contributed by atoms with van der Waals surface area (Å²) in [4.78, 5) is 28.4. The summed E-state index contributed by atoms with van der Waals surface area (Å²) in [5.41, 5.74) is 6.17. The van der Waals surface area contributed by atoms with Crippen LogP contribution in [-0.4, -0.2) is 30.6 Å². The van der Waals surface area contributed by atoms with Crippen molar-refractivity contribution in [3.63, 3.8) is 0 Å². The Balaban J connectivity index is 2.00. The number of thiazole rings is 1. The highest BCUT2D eigenvalue weighted by Gasteiger charge is 2.28. The summed E-state index contributed by atoms with van der Waals surface area (Å²) in [6.45, 7) is 3.41. The number of esters is 1. The Morgan fingerprint density at radius 2 is 2.12 bits per heavy atom. The number of nitrogens with two attached hydrogens (primary N) is 1. The van der Waals surface area contributed by atoms with Crippen LogP contribution in [-0.2, 0) is 4.74 Å². The third-order valence-corrected chi connectivity index (χ3v) is 4.56. The van der Waals surface area contributed by atoms with Crippen LogP contribution in [0.15, 0.2) is 22.6 Å². The number of fused-ring (bicyclic) bond motifs is 1. The zero-order valence-electron chi connectivity index (χ0n) is 14.4. The van der Waals surface area contributed by atoms with Crippen molar-refractivity contribution in [2.24, 2.45) is 5.73 Å². The molecule has 8 nitrogen and oxygen atoms in total. The number of rotatable bonds is 6. The Kier molecular flexibility index (Phi) is 4.81. The van der Waals surface area contributed by atoms with E-state index in [2.05, 4.69) is 10.3 Å². The van der Waals surface area contributed by atoms with E-state index in [9.17, 15) is 9.59 Å². The molecule has 3 N–H and O–H groups in total. The lowest BCUT2D eigenvalue weighted by Gasteiger charge is -2.03. The number of nitrogens with zero attached hydrogens (tertiary/aromatic N) is 1. The van der Waals surface area contributed by atoms with Crippen LogP contribution in [0.5, 0.6) is 5.75 Å². The molecule has 0 saturated carbocycles. The number of methoxy groups -OCH3 is 1. The molecule has 0 aliphatic heterocycles. The van der Waals surface area contributed by atoms with Gasteiger partial charge in [0.2, 0.25) is 5.88 Å². The highest BCUT2D eigenvalue weighted by atomic mass is 32.1. The Morgan fingerprint density at radius 3 is 2.77 bits per heavy atom. The van der Waals surface area contributed by atoms with Crippen molar-refractivity contribution in [1.82, 2.24) is 4.98 Å². The van der Waals surface area contributed by atoms with Gasteiger partial charge in [0, 0.05) is 0 Å². The zero-order valence-corrected chi connectivity index (χ0v) is 15.2. The van der Waals surface area contributed by atoms with Crippen LogP contribution in [0.1, 0.15) is 33.4 Å². The average Bonchev–Trinajstić information content (AvgIpc) is 3.14. The zero-order chi connectivity index (χ0) is 18.8. The van der Waals surface area contributed by atoms with Crippen LogP contribution < -0.4 is 15.8 Å². The Morgan fingerprint density at radius 1 is 1.35 bits per heavy atom. The molecule has 0 aliphatic carbocycles. The van der Waals surface area contributed by atoms with Crippen molar-refractivity contribution in [3.8, 4) is 5.75 Å². The van der Waals surface area contributed by atoms with Gasteiger partial charge in [0.05, 0.1) is 23.9 Å². The molecule has 9 heteroatoms. The van der Waals surface area contributed by atoms with E-state index < -0.39 is 11.9 Å². The maximum Gasteiger partial charge on any atom is 0.342 e. The van der Waals surface area contributed by atoms with Crippen LogP contribution in [0.2, 0.25) is 0 Å². The molecule has 136 valence electrons. The molecule has 0 saturated heterocycles. The molecule has 0 spiro atoms. The van der Waals surface area contributed by atoms with E-state index in [1.807, 2.05) is 12.1 Å². The number of carbonyl (C=O) groups is 2. The standard InChI is InChI=1S/C17H17N3O5S/c1-4-24-16(22)12-8(2)25-15(13(12)14(18)21)20-17-19-10-6-5-9(23-3)7-11(10)26-17/h5-7H,4H2,1-3H3,(H2,18,21)(H,19,20). The summed E-state index contributed by atoms with van der Waals surface area (Å²) in [6, 6.07) is 5.48. The lowest BCUT2D eigenvalue weighted by molar-refractivity contribution is 0.0521. The van der Waals surface area contributed by atoms with Gasteiger partial charge in [-0.2, -0.15) is 0 Å². The summed E-state index contributed by atoms with van der Waals surface area (Å²) in [7, 11) is 1.59. The number of anilines is 2. The second-order valence-corrected chi connectivity index (χ2v) is 6.33. The first kappa shape index (κ1) is 17.7. The molecular formula is C17H17N3O5S. The summed E-state index contributed by atoms with van der Waals surface area (Å²) < 4.78 is 16.6. The summed E-state index contributed by atoms with van der Waals surface area (Å²) in [5, 5.41) is 3.42. The molecular weight excluding hydrogens is 358 g/mol. The fraction of sp³-hybridized carbons (Fsp3) is 0.235. The number of carbonyl (C=O) groups excluding carboxylic acids is 2. The SMILES string of the molecule is CCOC(=O)c1c(C)oc(Nc2nc3ccc(OC)cc3s2)c1C(N)=O. The van der Waals surface area contributed by atoms with Crippen LogP contribution >= 0.6 is 11.3 Å². The van der Waals surface area contributed by atoms with Gasteiger partial charge in [0.1, 0.15) is 22.6 Å². The Hall–Kier alpha value is -3.07. The van der Waals surface area contributed by atoms with Crippen molar-refractivity contribution in [3.05, 3.63) is 35.1 Å². The van der Waals surface area contributed by atoms with Gasteiger partial charge in [0.15, 0.2) is 5.13 Å². The van der Waals surface area contributed by atoms with Gasteiger partial charge in [-0.3, -0.25) is 4.79 Å². The van der Waals surface area contributed by atoms with Crippen molar-refractivity contribution in [2.45, 2.75) is 13.8 Å². The smallest absolute Gasteiger partial charge is 0.342 e. The van der Waals surface area contributed by atoms with Crippen molar-refractivity contribution >= 4 is 44.4 Å². The van der Waals surface area contributed by atoms with Gasteiger partial charge >= 0.3 is 5.97 Å². The Labute approximate surface area is 152 Å². The van der Waals surface area contributed by atoms with Gasteiger partial charge in [-0.1, -0.05) is 11.3 Å². The second kappa shape index (κ2) is 7.04. The maximum atomic E-state index is 12.1. The largest absolute Gasteiger partial charge is 0.497 e. The van der Waals surface area contributed by atoms with Gasteiger partial charge in [-0.15, -0.1) is 0 Å². The summed E-state index contributed by atoms with van der Waals surface area (Å²) in [6.07, 6.45) is 0. The first-order valence-electron chi connectivity index (χ1n) is 7.76. The van der Waals surface area contributed by atoms with E-state index in [0.717, 1.165) is 10.2 Å². The topological polar surface area (TPSA) is 117 Å². The molecule has 1 amide bonds. The fourth-order valence-corrected chi connectivity index (χ4v) is 3.39. The quantitative estimate of drug-likeness (QED) is 0.635. The van der Waals surface area contributed by atoms with E-state index in [0.29, 0.717) is 10.9 Å². The number of nitrogens with one attached hydrogen (secondary N) is 1. The normalized spacial score (nSPS) is 10.7. The highest BCUT2D eigenvalue weighted by molar-refractivity contribution is 7.22. The molecule has 0 atom stereocenters. The number of aryl methyl sites for hydroxylation is 1. The number of furan rings is 1. The molecule has 1 aromatic carbocycles. The molecule has 0 fully saturated rings. The summed E-state index contributed by atoms with van der Waals surface area (Å²) >= 11 is 1.35. The van der Waals surface area contributed by atoms with Crippen LogP contribution in [0, 0.1) is 6.92 Å². The van der Waals surface area contributed by atoms with E-state index in [1.165, 1.54) is 11.3 Å². The van der Waals surface area contributed by atoms with E-state index in [4.69, 9.17) is 19.6 Å². The van der Waals surface area contributed by atoms with E-state index in [1.54, 1.807) is 27.0 Å². The maximum absolute atomic E-state index is 12.1. The van der Waals surface area contributed by atoms with Crippen molar-refractivity contribution in [1.29, 1.82) is 0 Å². The highest BCUT2D eigenvalue weighted by Crippen LogP contribution is 2.34. The number of hydrogen-bond donors (Lipinski definition) is 2. The first-order valence-corrected chi connectivity index (χ1v) is 8.58. The molecule has 0 radical (unpaired) electrons. The third-order valence-electron chi connectivity index (χ3n) is 3.63. The van der Waals surface area contributed by atoms with Crippen molar-refractivity contribution in [2.75, 3.05) is 19.0 Å². The minimum atomic E-state index is -0.796. The van der Waals surface area contributed by atoms with E-state index >= 15 is 0 Å². The first-order chi connectivity index (χ1) is 12.4. The third kappa shape index (κ3) is 3.21. The molecule has 2 heterocycles. The van der Waals surface area contributed by atoms with Gasteiger partial charge in [-0.25, -0.2) is 9.78 Å². The van der Waals surface area contributed by atoms with Crippen LogP contribution in [0.4, 0.5) is 11.0 Å². The average molecular weight is 375 g/mol. The minimum absolute atomic E-state index is 0.0182. The number of ether oxygens (including phenoxy) is 2. The van der Waals surface area contributed by atoms with Gasteiger partial charge < -0.3 is 24.9 Å². The lowest BCUT2D eigenvalue weighted by atomic mass is 10.1. The molecule has 0 aliphatic rings. The molecule has 3 rings (SSSR count). The van der Waals surface area contributed by atoms with E-state index in [-0.39, 0.29) is 29.4 Å². The predicted octanol–water partition coefficient (Wildman–Crippen LogP) is 3.23. The monoisotopic (exact) mass is 375 g/mol. The lowest BCUT2D eigenvalue weighted by Crippen LogP contribution is -2.17. The molecule has 3 aromatic rings. The number of benzene rings is 1. The van der Waals surface area contributed by atoms with Gasteiger partial charge in [0.25, 0.3) is 5.91 Å². The van der Waals surface area contributed by atoms with Gasteiger partial charge in [-0.05, 0) is 32.0 Å². The molecule has 0 unspecified atom stereocenters. The molecule has 2 aromatic heterocycles. The second-order valence-electron chi connectivity index (χ2n) is 5.30. The predicted molar refractivity (Wildman–Crippen MR) is 97.4 cm³/mol.